The fourth-order valence-electron chi connectivity index (χ4n) is 5.87. The maximum atomic E-state index is 13.1. The summed E-state index contributed by atoms with van der Waals surface area (Å²) in [5, 5.41) is 12.1. The topological polar surface area (TPSA) is 88.6 Å². The molecule has 0 unspecified atom stereocenters. The number of thiazole rings is 1. The van der Waals surface area contributed by atoms with Crippen LogP contribution >= 0.6 is 11.3 Å². The zero-order valence-corrected chi connectivity index (χ0v) is 20.2. The zero-order valence-electron chi connectivity index (χ0n) is 19.4. The van der Waals surface area contributed by atoms with E-state index in [9.17, 15) is 14.7 Å². The molecule has 0 aliphatic carbocycles. The Balaban J connectivity index is 1.24. The predicted molar refractivity (Wildman–Crippen MR) is 140 cm³/mol. The molecule has 5 heterocycles. The molecule has 2 atom stereocenters. The quantitative estimate of drug-likeness (QED) is 0.368. The van der Waals surface area contributed by atoms with Gasteiger partial charge in [0, 0.05) is 49.2 Å². The van der Waals surface area contributed by atoms with E-state index in [0.29, 0.717) is 40.7 Å². The lowest BCUT2D eigenvalue weighted by Gasteiger charge is -2.42. The fourth-order valence-corrected chi connectivity index (χ4v) is 6.84. The fraction of sp³-hybridized carbons (Fsp3) is 0.250. The third-order valence-corrected chi connectivity index (χ3v) is 8.51. The van der Waals surface area contributed by atoms with Crippen molar-refractivity contribution in [1.29, 1.82) is 0 Å². The van der Waals surface area contributed by atoms with Crippen LogP contribution in [0.5, 0.6) is 5.75 Å². The van der Waals surface area contributed by atoms with E-state index in [1.807, 2.05) is 47.0 Å². The molecule has 2 bridgehead atoms. The van der Waals surface area contributed by atoms with Crippen LogP contribution in [0, 0.1) is 5.92 Å². The minimum Gasteiger partial charge on any atom is -0.507 e. The van der Waals surface area contributed by atoms with Gasteiger partial charge in [-0.2, -0.15) is 0 Å². The molecule has 1 saturated heterocycles. The number of hydrogen-bond acceptors (Lipinski definition) is 7. The lowest BCUT2D eigenvalue weighted by Crippen LogP contribution is -2.46. The van der Waals surface area contributed by atoms with E-state index in [1.165, 1.54) is 11.3 Å². The third-order valence-electron chi connectivity index (χ3n) is 7.44. The Morgan fingerprint density at radius 2 is 1.92 bits per heavy atom. The summed E-state index contributed by atoms with van der Waals surface area (Å²) < 4.78 is 8.76. The van der Waals surface area contributed by atoms with Crippen molar-refractivity contribution < 1.29 is 9.52 Å². The Bertz CT molecular complexity index is 1740. The molecular formula is C28H23N3O4S. The van der Waals surface area contributed by atoms with E-state index in [-0.39, 0.29) is 17.2 Å². The van der Waals surface area contributed by atoms with Crippen molar-refractivity contribution >= 4 is 32.5 Å². The van der Waals surface area contributed by atoms with Crippen LogP contribution in [0.3, 0.4) is 0 Å². The summed E-state index contributed by atoms with van der Waals surface area (Å²) in [5.74, 6) is 0.748. The molecule has 1 fully saturated rings. The maximum Gasteiger partial charge on any atom is 0.346 e. The summed E-state index contributed by atoms with van der Waals surface area (Å²) in [6.45, 7) is 2.78. The minimum absolute atomic E-state index is 0.0630. The summed E-state index contributed by atoms with van der Waals surface area (Å²) in [5.41, 5.74) is 2.99. The highest BCUT2D eigenvalue weighted by molar-refractivity contribution is 7.21. The molecule has 7 nitrogen and oxygen atoms in total. The molecule has 1 N–H and O–H groups in total. The molecule has 2 aromatic carbocycles. The average molecular weight is 498 g/mol. The summed E-state index contributed by atoms with van der Waals surface area (Å²) >= 11 is 1.46. The molecule has 36 heavy (non-hydrogen) atoms. The second-order valence-corrected chi connectivity index (χ2v) is 10.8. The Kier molecular flexibility index (Phi) is 4.87. The van der Waals surface area contributed by atoms with Crippen molar-refractivity contribution in [2.24, 2.45) is 5.92 Å². The maximum absolute atomic E-state index is 13.1. The molecule has 8 heteroatoms. The van der Waals surface area contributed by atoms with E-state index < -0.39 is 5.63 Å². The molecule has 2 aliphatic rings. The highest BCUT2D eigenvalue weighted by Gasteiger charge is 2.35. The molecule has 7 rings (SSSR count). The Labute approximate surface area is 209 Å². The number of phenolic OH excluding ortho intramolecular Hbond substituents is 1. The number of hydrogen-bond donors (Lipinski definition) is 1. The Morgan fingerprint density at radius 3 is 2.81 bits per heavy atom. The number of pyridine rings is 1. The van der Waals surface area contributed by atoms with E-state index in [0.717, 1.165) is 40.8 Å². The summed E-state index contributed by atoms with van der Waals surface area (Å²) in [6.07, 6.45) is 1.06. The van der Waals surface area contributed by atoms with E-state index >= 15 is 0 Å². The van der Waals surface area contributed by atoms with Gasteiger partial charge in [0.25, 0.3) is 5.56 Å². The van der Waals surface area contributed by atoms with Gasteiger partial charge in [0.1, 0.15) is 16.3 Å². The molecule has 0 saturated carbocycles. The lowest BCUT2D eigenvalue weighted by molar-refractivity contribution is 0.113. The van der Waals surface area contributed by atoms with Gasteiger partial charge in [-0.15, -0.1) is 11.3 Å². The van der Waals surface area contributed by atoms with Crippen LogP contribution < -0.4 is 11.2 Å². The monoisotopic (exact) mass is 497 g/mol. The number of aromatic hydroxyl groups is 1. The van der Waals surface area contributed by atoms with E-state index in [1.54, 1.807) is 18.2 Å². The van der Waals surface area contributed by atoms with E-state index in [2.05, 4.69) is 9.88 Å². The van der Waals surface area contributed by atoms with Crippen molar-refractivity contribution in [2.45, 2.75) is 25.4 Å². The molecule has 0 amide bonds. The highest BCUT2D eigenvalue weighted by Crippen LogP contribution is 2.38. The first-order valence-corrected chi connectivity index (χ1v) is 12.9. The SMILES string of the molecule is O=c1oc2c(CN3C[C@H]4C[C@H](C3)c3cccc(=O)n3C4)c(O)ccc2cc1-c1nc2ccccc2s1. The van der Waals surface area contributed by atoms with Gasteiger partial charge < -0.3 is 14.1 Å². The van der Waals surface area contributed by atoms with Gasteiger partial charge in [0.15, 0.2) is 0 Å². The number of phenols is 1. The van der Waals surface area contributed by atoms with Gasteiger partial charge in [-0.05, 0) is 48.7 Å². The summed E-state index contributed by atoms with van der Waals surface area (Å²) in [7, 11) is 0. The van der Waals surface area contributed by atoms with Crippen molar-refractivity contribution in [3.63, 3.8) is 0 Å². The van der Waals surface area contributed by atoms with Crippen LogP contribution in [0.4, 0.5) is 0 Å². The predicted octanol–water partition coefficient (Wildman–Crippen LogP) is 4.56. The van der Waals surface area contributed by atoms with Crippen molar-refractivity contribution in [3.05, 3.63) is 92.7 Å². The van der Waals surface area contributed by atoms with Gasteiger partial charge in [-0.1, -0.05) is 18.2 Å². The smallest absolute Gasteiger partial charge is 0.346 e. The number of para-hydroxylation sites is 1. The Hall–Kier alpha value is -3.75. The van der Waals surface area contributed by atoms with Gasteiger partial charge in [0.05, 0.1) is 21.3 Å². The first-order valence-electron chi connectivity index (χ1n) is 12.1. The van der Waals surface area contributed by atoms with Crippen molar-refractivity contribution in [3.8, 4) is 16.3 Å². The first-order chi connectivity index (χ1) is 17.5. The normalized spacial score (nSPS) is 19.6. The van der Waals surface area contributed by atoms with Gasteiger partial charge in [0.2, 0.25) is 0 Å². The molecule has 180 valence electrons. The van der Waals surface area contributed by atoms with Gasteiger partial charge in [-0.25, -0.2) is 9.78 Å². The Morgan fingerprint density at radius 1 is 1.03 bits per heavy atom. The number of aromatic nitrogens is 2. The first kappa shape index (κ1) is 21.5. The summed E-state index contributed by atoms with van der Waals surface area (Å²) in [4.78, 5) is 32.3. The van der Waals surface area contributed by atoms with Crippen LogP contribution in [0.25, 0.3) is 31.8 Å². The molecule has 5 aromatic rings. The standard InChI is InChI=1S/C28H23N3O4S/c32-23-9-8-17-11-19(27-29-21-4-1-2-6-24(21)36-27)28(34)35-26(17)20(23)15-30-12-16-10-18(14-30)22-5-3-7-25(33)31(22)13-16/h1-9,11,16,18,32H,10,12-15H2/t16-,18-/m1/s1. The van der Waals surface area contributed by atoms with Crippen LogP contribution in [0.2, 0.25) is 0 Å². The van der Waals surface area contributed by atoms with Gasteiger partial charge >= 0.3 is 5.63 Å². The molecule has 0 spiro atoms. The number of fused-ring (bicyclic) bond motifs is 6. The van der Waals surface area contributed by atoms with Crippen LogP contribution in [-0.2, 0) is 13.1 Å². The third kappa shape index (κ3) is 3.48. The van der Waals surface area contributed by atoms with Crippen molar-refractivity contribution in [2.75, 3.05) is 13.1 Å². The van der Waals surface area contributed by atoms with E-state index in [4.69, 9.17) is 4.42 Å². The summed E-state index contributed by atoms with van der Waals surface area (Å²) in [6, 6.07) is 18.6. The molecule has 0 radical (unpaired) electrons. The number of benzene rings is 2. The number of piperidine rings is 1. The highest BCUT2D eigenvalue weighted by atomic mass is 32.1. The molecular weight excluding hydrogens is 474 g/mol. The zero-order chi connectivity index (χ0) is 24.4. The molecule has 2 aliphatic heterocycles. The van der Waals surface area contributed by atoms with Crippen LogP contribution in [0.1, 0.15) is 23.6 Å². The minimum atomic E-state index is -0.461. The van der Waals surface area contributed by atoms with Crippen molar-refractivity contribution in [1.82, 2.24) is 14.5 Å². The van der Waals surface area contributed by atoms with Crippen LogP contribution in [-0.4, -0.2) is 32.6 Å². The lowest BCUT2D eigenvalue weighted by atomic mass is 9.83. The number of nitrogens with zero attached hydrogens (tertiary/aromatic N) is 3. The van der Waals surface area contributed by atoms with Gasteiger partial charge in [-0.3, -0.25) is 9.69 Å². The largest absolute Gasteiger partial charge is 0.507 e. The number of likely N-dealkylation sites (tertiary alicyclic amines) is 1. The second-order valence-electron chi connectivity index (χ2n) is 9.81. The van der Waals surface area contributed by atoms with Crippen LogP contribution in [0.15, 0.2) is 74.7 Å². The number of rotatable bonds is 3. The second kappa shape index (κ2) is 8.15. The average Bonchev–Trinajstić information content (AvgIpc) is 3.30. The molecule has 3 aromatic heterocycles.